The number of nitrogen functional groups attached to an aromatic ring is 1. The summed E-state index contributed by atoms with van der Waals surface area (Å²) >= 11 is 0. The monoisotopic (exact) mass is 181 g/mol. The van der Waals surface area contributed by atoms with Crippen LogP contribution in [0.5, 0.6) is 0 Å². The number of nitrogens with two attached hydrogens (primary N) is 1. The summed E-state index contributed by atoms with van der Waals surface area (Å²) in [5.41, 5.74) is 5.39. The second-order valence-electron chi connectivity index (χ2n) is 3.50. The number of oxazole rings is 1. The van der Waals surface area contributed by atoms with Gasteiger partial charge in [0.15, 0.2) is 0 Å². The number of aromatic nitrogens is 1. The fourth-order valence-corrected chi connectivity index (χ4v) is 1.73. The van der Waals surface area contributed by atoms with Crippen LogP contribution in [-0.4, -0.2) is 23.0 Å². The lowest BCUT2D eigenvalue weighted by atomic mass is 10.1. The van der Waals surface area contributed by atoms with E-state index in [1.807, 2.05) is 0 Å². The van der Waals surface area contributed by atoms with Crippen LogP contribution in [0.2, 0.25) is 0 Å². The zero-order chi connectivity index (χ0) is 9.10. The summed E-state index contributed by atoms with van der Waals surface area (Å²) in [6.07, 6.45) is 5.66. The minimum absolute atomic E-state index is 0.270. The first-order chi connectivity index (χ1) is 6.34. The van der Waals surface area contributed by atoms with Gasteiger partial charge in [-0.3, -0.25) is 4.90 Å². The van der Waals surface area contributed by atoms with Crippen LogP contribution >= 0.6 is 0 Å². The largest absolute Gasteiger partial charge is 0.428 e. The molecule has 0 atom stereocenters. The molecular formula is C9H15N3O. The molecule has 0 aromatic carbocycles. The SMILES string of the molecule is Nc1ncc(CN2CCCCC2)o1. The van der Waals surface area contributed by atoms with Crippen molar-refractivity contribution in [3.8, 4) is 0 Å². The lowest BCUT2D eigenvalue weighted by Crippen LogP contribution is -2.28. The van der Waals surface area contributed by atoms with Crippen molar-refractivity contribution in [2.24, 2.45) is 0 Å². The van der Waals surface area contributed by atoms with Crippen LogP contribution in [0.25, 0.3) is 0 Å². The van der Waals surface area contributed by atoms with Crippen molar-refractivity contribution in [2.45, 2.75) is 25.8 Å². The van der Waals surface area contributed by atoms with E-state index in [1.165, 1.54) is 32.4 Å². The lowest BCUT2D eigenvalue weighted by molar-refractivity contribution is 0.206. The first-order valence-corrected chi connectivity index (χ1v) is 4.77. The Kier molecular flexibility index (Phi) is 2.49. The summed E-state index contributed by atoms with van der Waals surface area (Å²) < 4.78 is 5.21. The Morgan fingerprint density at radius 1 is 1.38 bits per heavy atom. The summed E-state index contributed by atoms with van der Waals surface area (Å²) in [5.74, 6) is 0.874. The molecule has 4 nitrogen and oxygen atoms in total. The van der Waals surface area contributed by atoms with E-state index in [2.05, 4.69) is 9.88 Å². The predicted molar refractivity (Wildman–Crippen MR) is 50.0 cm³/mol. The topological polar surface area (TPSA) is 55.3 Å². The number of hydrogen-bond acceptors (Lipinski definition) is 4. The standard InChI is InChI=1S/C9H15N3O/c10-9-11-6-8(13-9)7-12-4-2-1-3-5-12/h6H,1-5,7H2,(H2,10,11). The number of hydrogen-bond donors (Lipinski definition) is 1. The Morgan fingerprint density at radius 2 is 2.15 bits per heavy atom. The van der Waals surface area contributed by atoms with Crippen molar-refractivity contribution in [1.82, 2.24) is 9.88 Å². The van der Waals surface area contributed by atoms with Crippen LogP contribution in [0.15, 0.2) is 10.6 Å². The van der Waals surface area contributed by atoms with Crippen molar-refractivity contribution in [3.63, 3.8) is 0 Å². The zero-order valence-corrected chi connectivity index (χ0v) is 7.70. The molecule has 2 N–H and O–H groups in total. The molecule has 0 radical (unpaired) electrons. The van der Waals surface area contributed by atoms with Crippen LogP contribution < -0.4 is 5.73 Å². The van der Waals surface area contributed by atoms with E-state index < -0.39 is 0 Å². The average Bonchev–Trinajstić information content (AvgIpc) is 2.53. The van der Waals surface area contributed by atoms with E-state index in [9.17, 15) is 0 Å². The summed E-state index contributed by atoms with van der Waals surface area (Å²) in [7, 11) is 0. The number of anilines is 1. The highest BCUT2D eigenvalue weighted by Crippen LogP contribution is 2.13. The van der Waals surface area contributed by atoms with Crippen LogP contribution in [0.1, 0.15) is 25.0 Å². The van der Waals surface area contributed by atoms with E-state index in [0.29, 0.717) is 0 Å². The molecule has 4 heteroatoms. The zero-order valence-electron chi connectivity index (χ0n) is 7.70. The molecule has 1 fully saturated rings. The van der Waals surface area contributed by atoms with E-state index in [-0.39, 0.29) is 6.01 Å². The van der Waals surface area contributed by atoms with Gasteiger partial charge in [-0.05, 0) is 25.9 Å². The van der Waals surface area contributed by atoms with Crippen LogP contribution in [0.4, 0.5) is 6.01 Å². The van der Waals surface area contributed by atoms with Gasteiger partial charge in [0.25, 0.3) is 6.01 Å². The maximum Gasteiger partial charge on any atom is 0.292 e. The van der Waals surface area contributed by atoms with Gasteiger partial charge in [-0.25, -0.2) is 4.98 Å². The van der Waals surface area contributed by atoms with E-state index in [4.69, 9.17) is 10.2 Å². The fraction of sp³-hybridized carbons (Fsp3) is 0.667. The first-order valence-electron chi connectivity index (χ1n) is 4.77. The van der Waals surface area contributed by atoms with Gasteiger partial charge in [-0.2, -0.15) is 0 Å². The molecule has 1 aliphatic heterocycles. The third kappa shape index (κ3) is 2.21. The summed E-state index contributed by atoms with van der Waals surface area (Å²) in [5, 5.41) is 0. The molecule has 72 valence electrons. The highest BCUT2D eigenvalue weighted by atomic mass is 16.4. The van der Waals surface area contributed by atoms with Gasteiger partial charge in [0, 0.05) is 0 Å². The number of piperidine rings is 1. The maximum atomic E-state index is 5.39. The molecule has 0 saturated carbocycles. The van der Waals surface area contributed by atoms with Gasteiger partial charge in [-0.1, -0.05) is 6.42 Å². The normalized spacial score (nSPS) is 19.1. The summed E-state index contributed by atoms with van der Waals surface area (Å²) in [6, 6.07) is 0.270. The molecule has 0 bridgehead atoms. The molecule has 1 aromatic heterocycles. The Hall–Kier alpha value is -1.03. The van der Waals surface area contributed by atoms with Gasteiger partial charge < -0.3 is 10.2 Å². The van der Waals surface area contributed by atoms with Crippen LogP contribution in [0.3, 0.4) is 0 Å². The van der Waals surface area contributed by atoms with Crippen LogP contribution in [0, 0.1) is 0 Å². The summed E-state index contributed by atoms with van der Waals surface area (Å²) in [6.45, 7) is 3.19. The Morgan fingerprint density at radius 3 is 2.77 bits per heavy atom. The molecule has 0 spiro atoms. The quantitative estimate of drug-likeness (QED) is 0.745. The molecule has 0 amide bonds. The van der Waals surface area contributed by atoms with Gasteiger partial charge in [0.05, 0.1) is 12.7 Å². The second kappa shape index (κ2) is 3.79. The third-order valence-corrected chi connectivity index (χ3v) is 2.40. The third-order valence-electron chi connectivity index (χ3n) is 2.40. The Bertz CT molecular complexity index is 266. The molecule has 1 aromatic rings. The second-order valence-corrected chi connectivity index (χ2v) is 3.50. The maximum absolute atomic E-state index is 5.39. The molecule has 2 rings (SSSR count). The number of rotatable bonds is 2. The van der Waals surface area contributed by atoms with E-state index in [1.54, 1.807) is 6.20 Å². The van der Waals surface area contributed by atoms with Crippen molar-refractivity contribution in [3.05, 3.63) is 12.0 Å². The molecule has 1 saturated heterocycles. The first kappa shape index (κ1) is 8.56. The van der Waals surface area contributed by atoms with E-state index in [0.717, 1.165) is 12.3 Å². The number of nitrogens with zero attached hydrogens (tertiary/aromatic N) is 2. The minimum Gasteiger partial charge on any atom is -0.428 e. The Labute approximate surface area is 77.7 Å². The highest BCUT2D eigenvalue weighted by molar-refractivity contribution is 5.10. The molecule has 2 heterocycles. The van der Waals surface area contributed by atoms with Crippen molar-refractivity contribution < 1.29 is 4.42 Å². The molecule has 13 heavy (non-hydrogen) atoms. The van der Waals surface area contributed by atoms with E-state index >= 15 is 0 Å². The van der Waals surface area contributed by atoms with Gasteiger partial charge in [0.1, 0.15) is 5.76 Å². The number of likely N-dealkylation sites (tertiary alicyclic amines) is 1. The summed E-state index contributed by atoms with van der Waals surface area (Å²) in [4.78, 5) is 6.24. The van der Waals surface area contributed by atoms with Gasteiger partial charge in [0.2, 0.25) is 0 Å². The minimum atomic E-state index is 0.270. The highest BCUT2D eigenvalue weighted by Gasteiger charge is 2.12. The van der Waals surface area contributed by atoms with Crippen molar-refractivity contribution >= 4 is 6.01 Å². The molecule has 1 aliphatic rings. The van der Waals surface area contributed by atoms with Gasteiger partial charge in [-0.15, -0.1) is 0 Å². The van der Waals surface area contributed by atoms with Gasteiger partial charge >= 0.3 is 0 Å². The Balaban J connectivity index is 1.89. The average molecular weight is 181 g/mol. The molecule has 0 unspecified atom stereocenters. The lowest BCUT2D eigenvalue weighted by Gasteiger charge is -2.24. The van der Waals surface area contributed by atoms with Crippen molar-refractivity contribution in [1.29, 1.82) is 0 Å². The van der Waals surface area contributed by atoms with Crippen molar-refractivity contribution in [2.75, 3.05) is 18.8 Å². The van der Waals surface area contributed by atoms with Crippen LogP contribution in [-0.2, 0) is 6.54 Å². The predicted octanol–water partition coefficient (Wildman–Crippen LogP) is 1.24. The molecule has 0 aliphatic carbocycles. The smallest absolute Gasteiger partial charge is 0.292 e. The fourth-order valence-electron chi connectivity index (χ4n) is 1.73. The molecular weight excluding hydrogens is 166 g/mol.